The first-order valence-electron chi connectivity index (χ1n) is 10.9. The van der Waals surface area contributed by atoms with E-state index in [2.05, 4.69) is 24.8 Å². The molecular weight excluding hydrogens is 382 g/mol. The third kappa shape index (κ3) is 2.40. The number of hydrogen-bond acceptors (Lipinski definition) is 6. The summed E-state index contributed by atoms with van der Waals surface area (Å²) in [7, 11) is 3.76. The van der Waals surface area contributed by atoms with Crippen molar-refractivity contribution in [3.8, 4) is 5.75 Å². The van der Waals surface area contributed by atoms with Gasteiger partial charge < -0.3 is 14.2 Å². The van der Waals surface area contributed by atoms with Crippen molar-refractivity contribution in [1.82, 2.24) is 4.90 Å². The highest BCUT2D eigenvalue weighted by atomic mass is 16.6. The van der Waals surface area contributed by atoms with E-state index >= 15 is 0 Å². The van der Waals surface area contributed by atoms with Gasteiger partial charge in [-0.3, -0.25) is 14.5 Å². The van der Waals surface area contributed by atoms with Crippen LogP contribution in [-0.4, -0.2) is 56.3 Å². The van der Waals surface area contributed by atoms with Crippen LogP contribution in [0.3, 0.4) is 0 Å². The summed E-state index contributed by atoms with van der Waals surface area (Å²) in [5, 5.41) is 0. The number of methoxy groups -OCH3 is 1. The molecule has 2 saturated heterocycles. The molecule has 4 atom stereocenters. The van der Waals surface area contributed by atoms with E-state index in [9.17, 15) is 9.59 Å². The van der Waals surface area contributed by atoms with Crippen LogP contribution in [0.2, 0.25) is 0 Å². The summed E-state index contributed by atoms with van der Waals surface area (Å²) in [6.45, 7) is 8.57. The van der Waals surface area contributed by atoms with Gasteiger partial charge in [-0.1, -0.05) is 26.0 Å². The molecule has 4 aliphatic rings. The Morgan fingerprint density at radius 1 is 1.10 bits per heavy atom. The zero-order chi connectivity index (χ0) is 21.9. The molecule has 0 spiro atoms. The highest BCUT2D eigenvalue weighted by molar-refractivity contribution is 6.01. The van der Waals surface area contributed by atoms with E-state index in [1.54, 1.807) is 21.0 Å². The normalized spacial score (nSPS) is 33.5. The highest BCUT2D eigenvalue weighted by Crippen LogP contribution is 2.68. The number of piperidine rings is 2. The second-order valence-electron chi connectivity index (χ2n) is 9.43. The SMILES string of the molecule is CCOC(=O)C1(C(=O)OCC)C[C@@]2(C)C3Cc4c(OC)cccc4[C@@]2(C)CC1N3C. The number of hydrogen-bond donors (Lipinski definition) is 0. The number of carbonyl (C=O) groups is 2. The molecule has 6 nitrogen and oxygen atoms in total. The Balaban J connectivity index is 1.89. The molecule has 2 aliphatic carbocycles. The lowest BCUT2D eigenvalue weighted by atomic mass is 9.39. The topological polar surface area (TPSA) is 65.1 Å². The highest BCUT2D eigenvalue weighted by Gasteiger charge is 2.74. The van der Waals surface area contributed by atoms with E-state index in [4.69, 9.17) is 14.2 Å². The quantitative estimate of drug-likeness (QED) is 0.544. The molecular formula is C24H33NO5. The van der Waals surface area contributed by atoms with Gasteiger partial charge in [-0.05, 0) is 62.8 Å². The summed E-state index contributed by atoms with van der Waals surface area (Å²) in [4.78, 5) is 28.9. The first kappa shape index (κ1) is 21.2. The lowest BCUT2D eigenvalue weighted by Gasteiger charge is -2.71. The zero-order valence-corrected chi connectivity index (χ0v) is 18.9. The van der Waals surface area contributed by atoms with Gasteiger partial charge in [0.25, 0.3) is 0 Å². The fourth-order valence-electron chi connectivity index (χ4n) is 6.81. The largest absolute Gasteiger partial charge is 0.496 e. The van der Waals surface area contributed by atoms with Gasteiger partial charge in [0, 0.05) is 17.5 Å². The molecule has 0 amide bonds. The molecule has 5 rings (SSSR count). The smallest absolute Gasteiger partial charge is 0.325 e. The molecule has 3 fully saturated rings. The third-order valence-corrected chi connectivity index (χ3v) is 8.42. The third-order valence-electron chi connectivity index (χ3n) is 8.42. The second-order valence-corrected chi connectivity index (χ2v) is 9.43. The number of fused-ring (bicyclic) bond motifs is 2. The first-order valence-corrected chi connectivity index (χ1v) is 10.9. The first-order chi connectivity index (χ1) is 14.2. The van der Waals surface area contributed by atoms with E-state index in [0.29, 0.717) is 12.8 Å². The monoisotopic (exact) mass is 415 g/mol. The van der Waals surface area contributed by atoms with Crippen LogP contribution in [0.5, 0.6) is 5.75 Å². The van der Waals surface area contributed by atoms with Gasteiger partial charge in [-0.15, -0.1) is 0 Å². The Hall–Kier alpha value is -2.08. The van der Waals surface area contributed by atoms with Crippen LogP contribution in [0.25, 0.3) is 0 Å². The van der Waals surface area contributed by atoms with Gasteiger partial charge >= 0.3 is 11.9 Å². The summed E-state index contributed by atoms with van der Waals surface area (Å²) >= 11 is 0. The number of carbonyl (C=O) groups excluding carboxylic acids is 2. The van der Waals surface area contributed by atoms with Gasteiger partial charge in [0.05, 0.1) is 20.3 Å². The fraction of sp³-hybridized carbons (Fsp3) is 0.667. The van der Waals surface area contributed by atoms with Crippen LogP contribution in [0, 0.1) is 10.8 Å². The second kappa shape index (κ2) is 6.98. The van der Waals surface area contributed by atoms with E-state index in [1.165, 1.54) is 11.1 Å². The van der Waals surface area contributed by atoms with Crippen molar-refractivity contribution in [2.24, 2.45) is 10.8 Å². The number of ether oxygens (including phenoxy) is 3. The molecule has 1 saturated carbocycles. The van der Waals surface area contributed by atoms with Gasteiger partial charge in [-0.2, -0.15) is 0 Å². The van der Waals surface area contributed by atoms with Crippen LogP contribution in [-0.2, 0) is 30.9 Å². The Kier molecular flexibility index (Phi) is 4.92. The lowest BCUT2D eigenvalue weighted by molar-refractivity contribution is -0.219. The Morgan fingerprint density at radius 2 is 1.73 bits per heavy atom. The minimum atomic E-state index is -1.29. The van der Waals surface area contributed by atoms with E-state index in [-0.39, 0.29) is 36.1 Å². The number of esters is 2. The predicted octanol–water partition coefficient (Wildman–Crippen LogP) is 3.10. The fourth-order valence-corrected chi connectivity index (χ4v) is 6.81. The van der Waals surface area contributed by atoms with Crippen molar-refractivity contribution in [3.63, 3.8) is 0 Å². The maximum Gasteiger partial charge on any atom is 0.325 e. The maximum absolute atomic E-state index is 13.3. The molecule has 2 unspecified atom stereocenters. The van der Waals surface area contributed by atoms with Crippen molar-refractivity contribution < 1.29 is 23.8 Å². The molecule has 1 aromatic rings. The number of likely N-dealkylation sites (N-methyl/N-ethyl adjacent to an activating group) is 1. The van der Waals surface area contributed by atoms with Gasteiger partial charge in [0.2, 0.25) is 0 Å². The molecule has 2 heterocycles. The van der Waals surface area contributed by atoms with Crippen molar-refractivity contribution in [3.05, 3.63) is 29.3 Å². The van der Waals surface area contributed by atoms with E-state index in [0.717, 1.165) is 12.2 Å². The number of rotatable bonds is 5. The van der Waals surface area contributed by atoms with Crippen LogP contribution in [0.15, 0.2) is 18.2 Å². The van der Waals surface area contributed by atoms with Crippen LogP contribution < -0.4 is 4.74 Å². The van der Waals surface area contributed by atoms with Crippen LogP contribution in [0.1, 0.15) is 51.7 Å². The molecule has 0 N–H and O–H groups in total. The van der Waals surface area contributed by atoms with Gasteiger partial charge in [0.1, 0.15) is 5.75 Å². The van der Waals surface area contributed by atoms with Crippen LogP contribution >= 0.6 is 0 Å². The zero-order valence-electron chi connectivity index (χ0n) is 18.9. The summed E-state index contributed by atoms with van der Waals surface area (Å²) in [6, 6.07) is 6.18. The molecule has 6 heteroatoms. The summed E-state index contributed by atoms with van der Waals surface area (Å²) in [5.74, 6) is 0.0252. The number of benzene rings is 1. The molecule has 0 radical (unpaired) electrons. The van der Waals surface area contributed by atoms with Crippen molar-refractivity contribution in [1.29, 1.82) is 0 Å². The minimum Gasteiger partial charge on any atom is -0.496 e. The summed E-state index contributed by atoms with van der Waals surface area (Å²) < 4.78 is 16.6. The number of nitrogens with zero attached hydrogens (tertiary/aromatic N) is 1. The Morgan fingerprint density at radius 3 is 2.30 bits per heavy atom. The molecule has 0 aromatic heterocycles. The standard InChI is InChI=1S/C24H33NO5/c1-7-29-20(26)24(21(27)30-8-2)14-23(4)18-12-15-16(10-9-11-17(15)28-6)22(23,3)13-19(24)25(18)5/h9-11,18-19H,7-8,12-14H2,1-6H3/t18?,19?,22-,23+/m1/s1. The average Bonchev–Trinajstić information content (AvgIpc) is 2.71. The summed E-state index contributed by atoms with van der Waals surface area (Å²) in [6.07, 6.45) is 1.96. The molecule has 4 bridgehead atoms. The van der Waals surface area contributed by atoms with Crippen molar-refractivity contribution in [2.75, 3.05) is 27.4 Å². The molecule has 30 heavy (non-hydrogen) atoms. The molecule has 164 valence electrons. The van der Waals surface area contributed by atoms with Crippen molar-refractivity contribution in [2.45, 2.75) is 64.5 Å². The molecule has 1 aromatic carbocycles. The lowest BCUT2D eigenvalue weighted by Crippen LogP contribution is -2.78. The van der Waals surface area contributed by atoms with Gasteiger partial charge in [0.15, 0.2) is 5.41 Å². The van der Waals surface area contributed by atoms with E-state index < -0.39 is 17.4 Å². The van der Waals surface area contributed by atoms with Gasteiger partial charge in [-0.25, -0.2) is 0 Å². The van der Waals surface area contributed by atoms with Crippen molar-refractivity contribution >= 4 is 11.9 Å². The maximum atomic E-state index is 13.3. The minimum absolute atomic E-state index is 0.181. The Bertz CT molecular complexity index is 864. The summed E-state index contributed by atoms with van der Waals surface area (Å²) in [5.41, 5.74) is 0.756. The average molecular weight is 416 g/mol. The van der Waals surface area contributed by atoms with Crippen LogP contribution in [0.4, 0.5) is 0 Å². The molecule has 2 aliphatic heterocycles. The predicted molar refractivity (Wildman–Crippen MR) is 112 cm³/mol. The van der Waals surface area contributed by atoms with E-state index in [1.807, 2.05) is 19.2 Å². The Labute approximate surface area is 178 Å².